The van der Waals surface area contributed by atoms with Gasteiger partial charge in [-0.15, -0.1) is 0 Å². The van der Waals surface area contributed by atoms with Crippen LogP contribution in [0.3, 0.4) is 0 Å². The monoisotopic (exact) mass is 509 g/mol. The van der Waals surface area contributed by atoms with Gasteiger partial charge in [0.05, 0.1) is 30.7 Å². The van der Waals surface area contributed by atoms with E-state index in [1.807, 2.05) is 16.8 Å². The zero-order valence-electron chi connectivity index (χ0n) is 19.0. The van der Waals surface area contributed by atoms with Gasteiger partial charge in [0.25, 0.3) is 5.91 Å². The number of hydrogen-bond acceptors (Lipinski definition) is 6. The van der Waals surface area contributed by atoms with Crippen molar-refractivity contribution in [2.45, 2.75) is 18.5 Å². The number of alkyl halides is 3. The van der Waals surface area contributed by atoms with Gasteiger partial charge in [-0.2, -0.15) is 18.3 Å². The number of anilines is 1. The van der Waals surface area contributed by atoms with Crippen molar-refractivity contribution in [3.05, 3.63) is 59.8 Å². The van der Waals surface area contributed by atoms with Crippen molar-refractivity contribution in [3.63, 3.8) is 0 Å². The van der Waals surface area contributed by atoms with E-state index in [1.165, 1.54) is 12.1 Å². The molecule has 1 unspecified atom stereocenters. The summed E-state index contributed by atoms with van der Waals surface area (Å²) in [6, 6.07) is 10.1. The summed E-state index contributed by atoms with van der Waals surface area (Å²) in [5.41, 5.74) is 2.00. The molecule has 1 amide bonds. The van der Waals surface area contributed by atoms with Crippen LogP contribution in [0.15, 0.2) is 42.6 Å². The first-order valence-corrected chi connectivity index (χ1v) is 11.2. The number of carbonyl (C=O) groups excluding carboxylic acids is 1. The first-order valence-electron chi connectivity index (χ1n) is 11.2. The normalized spacial score (nSPS) is 18.2. The van der Waals surface area contributed by atoms with Crippen LogP contribution in [0, 0.1) is 5.82 Å². The molecule has 4 heterocycles. The molecule has 2 aromatic heterocycles. The third-order valence-corrected chi connectivity index (χ3v) is 5.90. The molecule has 36 heavy (non-hydrogen) atoms. The van der Waals surface area contributed by atoms with E-state index >= 15 is 0 Å². The number of carbonyl (C=O) groups is 2. The summed E-state index contributed by atoms with van der Waals surface area (Å²) in [5.74, 6) is -2.73. The lowest BCUT2D eigenvalue weighted by Gasteiger charge is -2.28. The molecular weight excluding hydrogens is 486 g/mol. The zero-order valence-corrected chi connectivity index (χ0v) is 19.0. The number of aromatic nitrogens is 3. The van der Waals surface area contributed by atoms with Crippen molar-refractivity contribution in [2.75, 3.05) is 44.3 Å². The number of nitrogens with zero attached hydrogens (tertiary/aromatic N) is 5. The van der Waals surface area contributed by atoms with Crippen LogP contribution in [-0.2, 0) is 9.53 Å². The average molecular weight is 509 g/mol. The van der Waals surface area contributed by atoms with Crippen LogP contribution < -0.4 is 4.90 Å². The largest absolute Gasteiger partial charge is 0.490 e. The van der Waals surface area contributed by atoms with Crippen molar-refractivity contribution < 1.29 is 37.0 Å². The van der Waals surface area contributed by atoms with Gasteiger partial charge >= 0.3 is 12.1 Å². The van der Waals surface area contributed by atoms with Crippen LogP contribution in [0.1, 0.15) is 28.5 Å². The Labute approximate surface area is 202 Å². The Balaban J connectivity index is 0.000000384. The quantitative estimate of drug-likeness (QED) is 0.542. The van der Waals surface area contributed by atoms with Crippen LogP contribution in [-0.4, -0.2) is 82.1 Å². The Kier molecular flexibility index (Phi) is 7.38. The van der Waals surface area contributed by atoms with E-state index < -0.39 is 18.0 Å². The SMILES string of the molecule is O=C(O)C(F)(F)F.O=C(c1ccccc1F)N1CCC(c2nc3ccc(N4CCOCC4)cn3n2)C1. The van der Waals surface area contributed by atoms with Crippen molar-refractivity contribution >= 4 is 23.2 Å². The van der Waals surface area contributed by atoms with Gasteiger partial charge in [0.1, 0.15) is 5.82 Å². The molecule has 5 rings (SSSR count). The van der Waals surface area contributed by atoms with Gasteiger partial charge in [0, 0.05) is 32.1 Å². The minimum absolute atomic E-state index is 0.0532. The molecule has 192 valence electrons. The predicted molar refractivity (Wildman–Crippen MR) is 119 cm³/mol. The first-order chi connectivity index (χ1) is 17.1. The number of rotatable bonds is 3. The Morgan fingerprint density at radius 3 is 2.42 bits per heavy atom. The van der Waals surface area contributed by atoms with Gasteiger partial charge in [0.2, 0.25) is 0 Å². The van der Waals surface area contributed by atoms with Gasteiger partial charge in [0.15, 0.2) is 11.5 Å². The number of morpholine rings is 1. The summed E-state index contributed by atoms with van der Waals surface area (Å²) in [6.45, 7) is 4.27. The molecule has 2 aliphatic heterocycles. The number of likely N-dealkylation sites (tertiary alicyclic amines) is 1. The second kappa shape index (κ2) is 10.5. The van der Waals surface area contributed by atoms with E-state index in [-0.39, 0.29) is 17.4 Å². The molecular formula is C23H23F4N5O4. The standard InChI is InChI=1S/C21H22FN5O2.C2HF3O2/c22-18-4-2-1-3-17(18)21(28)26-8-7-15(13-26)20-23-19-6-5-16(14-27(19)24-20)25-9-11-29-12-10-25;3-2(4,5)1(6)7/h1-6,14-15H,7-13H2;(H,6,7). The molecule has 0 spiro atoms. The van der Waals surface area contributed by atoms with Gasteiger partial charge in [-0.3, -0.25) is 4.79 Å². The topological polar surface area (TPSA) is 100 Å². The third-order valence-electron chi connectivity index (χ3n) is 5.90. The highest BCUT2D eigenvalue weighted by Gasteiger charge is 2.38. The zero-order chi connectivity index (χ0) is 25.9. The average Bonchev–Trinajstić information content (AvgIpc) is 3.51. The second-order valence-electron chi connectivity index (χ2n) is 8.28. The lowest BCUT2D eigenvalue weighted by atomic mass is 10.1. The summed E-state index contributed by atoms with van der Waals surface area (Å²) in [6.07, 6.45) is -2.32. The van der Waals surface area contributed by atoms with Gasteiger partial charge in [-0.1, -0.05) is 12.1 Å². The molecule has 0 bridgehead atoms. The fourth-order valence-corrected chi connectivity index (χ4v) is 4.03. The molecule has 0 saturated carbocycles. The Morgan fingerprint density at radius 1 is 1.06 bits per heavy atom. The number of carboxylic acids is 1. The maximum atomic E-state index is 14.0. The van der Waals surface area contributed by atoms with Crippen LogP contribution in [0.2, 0.25) is 0 Å². The molecule has 0 aliphatic carbocycles. The maximum absolute atomic E-state index is 14.0. The molecule has 0 radical (unpaired) electrons. The Hall–Kier alpha value is -3.74. The minimum Gasteiger partial charge on any atom is -0.475 e. The Morgan fingerprint density at radius 2 is 1.75 bits per heavy atom. The number of carboxylic acid groups (broad SMARTS) is 1. The molecule has 2 aliphatic rings. The van der Waals surface area contributed by atoms with Gasteiger partial charge in [-0.25, -0.2) is 18.7 Å². The first kappa shape index (κ1) is 25.4. The maximum Gasteiger partial charge on any atom is 0.490 e. The van der Waals surface area contributed by atoms with Gasteiger partial charge in [-0.05, 0) is 30.7 Å². The van der Waals surface area contributed by atoms with Crippen LogP contribution in [0.4, 0.5) is 23.2 Å². The fraction of sp³-hybridized carbons (Fsp3) is 0.391. The van der Waals surface area contributed by atoms with E-state index in [0.29, 0.717) is 13.1 Å². The number of ether oxygens (including phenoxy) is 1. The molecule has 1 aromatic carbocycles. The summed E-state index contributed by atoms with van der Waals surface area (Å²) in [4.78, 5) is 30.2. The smallest absolute Gasteiger partial charge is 0.475 e. The molecule has 3 aromatic rings. The summed E-state index contributed by atoms with van der Waals surface area (Å²) >= 11 is 0. The van der Waals surface area contributed by atoms with Gasteiger partial charge < -0.3 is 19.6 Å². The number of fused-ring (bicyclic) bond motifs is 1. The van der Waals surface area contributed by atoms with E-state index in [0.717, 1.165) is 49.9 Å². The third kappa shape index (κ3) is 5.73. The second-order valence-corrected chi connectivity index (χ2v) is 8.28. The number of aliphatic carboxylic acids is 1. The van der Waals surface area contributed by atoms with Crippen molar-refractivity contribution in [1.82, 2.24) is 19.5 Å². The molecule has 2 saturated heterocycles. The summed E-state index contributed by atoms with van der Waals surface area (Å²) in [7, 11) is 0. The van der Waals surface area contributed by atoms with E-state index in [9.17, 15) is 22.4 Å². The molecule has 2 fully saturated rings. The number of amides is 1. The summed E-state index contributed by atoms with van der Waals surface area (Å²) < 4.78 is 52.9. The number of halogens is 4. The highest BCUT2D eigenvalue weighted by molar-refractivity contribution is 5.94. The highest BCUT2D eigenvalue weighted by atomic mass is 19.4. The van der Waals surface area contributed by atoms with Crippen molar-refractivity contribution in [3.8, 4) is 0 Å². The number of benzene rings is 1. The lowest BCUT2D eigenvalue weighted by Crippen LogP contribution is -2.36. The van der Waals surface area contributed by atoms with E-state index in [2.05, 4.69) is 21.0 Å². The van der Waals surface area contributed by atoms with Crippen molar-refractivity contribution in [2.24, 2.45) is 0 Å². The van der Waals surface area contributed by atoms with E-state index in [4.69, 9.17) is 14.6 Å². The van der Waals surface area contributed by atoms with Crippen LogP contribution in [0.25, 0.3) is 5.65 Å². The number of hydrogen-bond donors (Lipinski definition) is 1. The molecule has 9 nitrogen and oxygen atoms in total. The summed E-state index contributed by atoms with van der Waals surface area (Å²) in [5, 5.41) is 11.8. The van der Waals surface area contributed by atoms with Crippen LogP contribution in [0.5, 0.6) is 0 Å². The molecule has 1 atom stereocenters. The fourth-order valence-electron chi connectivity index (χ4n) is 4.03. The highest BCUT2D eigenvalue weighted by Crippen LogP contribution is 2.27. The molecule has 13 heteroatoms. The number of pyridine rings is 1. The van der Waals surface area contributed by atoms with Crippen molar-refractivity contribution in [1.29, 1.82) is 0 Å². The minimum atomic E-state index is -5.08. The Bertz CT molecular complexity index is 1240. The van der Waals surface area contributed by atoms with Crippen LogP contribution >= 0.6 is 0 Å². The lowest BCUT2D eigenvalue weighted by molar-refractivity contribution is -0.192. The predicted octanol–water partition coefficient (Wildman–Crippen LogP) is 2.97. The van der Waals surface area contributed by atoms with E-state index in [1.54, 1.807) is 17.0 Å². The molecule has 1 N–H and O–H groups in total.